The van der Waals surface area contributed by atoms with Gasteiger partial charge in [0, 0.05) is 44.6 Å². The first-order valence-electron chi connectivity index (χ1n) is 10.7. The highest BCUT2D eigenvalue weighted by atomic mass is 32.2. The van der Waals surface area contributed by atoms with Gasteiger partial charge in [0.15, 0.2) is 0 Å². The van der Waals surface area contributed by atoms with Gasteiger partial charge in [-0.25, -0.2) is 22.5 Å². The van der Waals surface area contributed by atoms with Gasteiger partial charge in [-0.15, -0.1) is 0 Å². The van der Waals surface area contributed by atoms with E-state index < -0.39 is 10.0 Å². The van der Waals surface area contributed by atoms with E-state index in [1.807, 2.05) is 31.2 Å². The van der Waals surface area contributed by atoms with Gasteiger partial charge in [-0.2, -0.15) is 0 Å². The van der Waals surface area contributed by atoms with Crippen LogP contribution in [-0.4, -0.2) is 39.6 Å². The van der Waals surface area contributed by atoms with Gasteiger partial charge in [0.25, 0.3) is 0 Å². The number of nitrogens with one attached hydrogen (secondary N) is 1. The first-order chi connectivity index (χ1) is 15.4. The predicted octanol–water partition coefficient (Wildman–Crippen LogP) is 3.59. The lowest BCUT2D eigenvalue weighted by atomic mass is 10.2. The molecule has 32 heavy (non-hydrogen) atoms. The number of aryl methyl sites for hydroxylation is 1. The van der Waals surface area contributed by atoms with Gasteiger partial charge in [0.05, 0.1) is 4.90 Å². The molecule has 0 bridgehead atoms. The second kappa shape index (κ2) is 9.67. The minimum Gasteiger partial charge on any atom is -0.368 e. The average molecular weight is 455 g/mol. The van der Waals surface area contributed by atoms with Crippen LogP contribution in [0, 0.1) is 5.82 Å². The van der Waals surface area contributed by atoms with Crippen molar-refractivity contribution in [3.8, 4) is 0 Å². The fraction of sp³-hybridized carbons (Fsp3) is 0.292. The third kappa shape index (κ3) is 5.26. The molecule has 3 aromatic rings. The van der Waals surface area contributed by atoms with Gasteiger partial charge in [-0.05, 0) is 66.1 Å². The zero-order chi connectivity index (χ0) is 22.6. The SMILES string of the molecule is CCc1ccc(S(=O)(=O)NCc2ccnc(N3CCN(c4ccc(F)cc4)CC3)c2)cc1. The highest BCUT2D eigenvalue weighted by molar-refractivity contribution is 7.89. The summed E-state index contributed by atoms with van der Waals surface area (Å²) in [6.45, 7) is 5.40. The summed E-state index contributed by atoms with van der Waals surface area (Å²) in [5.41, 5.74) is 2.96. The molecule has 2 aromatic carbocycles. The number of anilines is 2. The number of rotatable bonds is 7. The molecule has 0 atom stereocenters. The van der Waals surface area contributed by atoms with Crippen LogP contribution >= 0.6 is 0 Å². The molecule has 6 nitrogen and oxygen atoms in total. The fourth-order valence-corrected chi connectivity index (χ4v) is 4.77. The number of nitrogens with zero attached hydrogens (tertiary/aromatic N) is 3. The van der Waals surface area contributed by atoms with Gasteiger partial charge >= 0.3 is 0 Å². The van der Waals surface area contributed by atoms with Crippen molar-refractivity contribution < 1.29 is 12.8 Å². The number of halogens is 1. The molecule has 0 radical (unpaired) electrons. The topological polar surface area (TPSA) is 65.5 Å². The third-order valence-corrected chi connectivity index (χ3v) is 7.13. The Labute approximate surface area is 188 Å². The Morgan fingerprint density at radius 1 is 0.906 bits per heavy atom. The fourth-order valence-electron chi connectivity index (χ4n) is 3.76. The van der Waals surface area contributed by atoms with Crippen molar-refractivity contribution in [2.75, 3.05) is 36.0 Å². The standard InChI is InChI=1S/C24H27FN4O2S/c1-2-19-3-9-23(10-4-19)32(30,31)27-18-20-11-12-26-24(17-20)29-15-13-28(14-16-29)22-7-5-21(25)6-8-22/h3-12,17,27H,2,13-16,18H2,1H3. The van der Waals surface area contributed by atoms with Gasteiger partial charge in [-0.1, -0.05) is 19.1 Å². The van der Waals surface area contributed by atoms with Gasteiger partial charge < -0.3 is 9.80 Å². The Morgan fingerprint density at radius 2 is 1.56 bits per heavy atom. The maximum atomic E-state index is 13.2. The number of hydrogen-bond donors (Lipinski definition) is 1. The maximum Gasteiger partial charge on any atom is 0.240 e. The lowest BCUT2D eigenvalue weighted by molar-refractivity contribution is 0.581. The molecule has 4 rings (SSSR count). The van der Waals surface area contributed by atoms with Crippen LogP contribution in [0.5, 0.6) is 0 Å². The minimum atomic E-state index is -3.58. The molecule has 1 fully saturated rings. The number of hydrogen-bond acceptors (Lipinski definition) is 5. The Hall–Kier alpha value is -2.97. The molecule has 1 aliphatic heterocycles. The van der Waals surface area contributed by atoms with Crippen LogP contribution in [0.25, 0.3) is 0 Å². The molecule has 0 unspecified atom stereocenters. The van der Waals surface area contributed by atoms with Crippen LogP contribution in [0.2, 0.25) is 0 Å². The molecular weight excluding hydrogens is 427 g/mol. The maximum absolute atomic E-state index is 13.2. The van der Waals surface area contributed by atoms with Crippen molar-refractivity contribution in [2.24, 2.45) is 0 Å². The average Bonchev–Trinajstić information content (AvgIpc) is 2.84. The van der Waals surface area contributed by atoms with E-state index in [9.17, 15) is 12.8 Å². The molecule has 8 heteroatoms. The lowest BCUT2D eigenvalue weighted by Crippen LogP contribution is -2.46. The molecular formula is C24H27FN4O2S. The summed E-state index contributed by atoms with van der Waals surface area (Å²) in [6, 6.07) is 17.3. The van der Waals surface area contributed by atoms with Gasteiger partial charge in [0.2, 0.25) is 10.0 Å². The van der Waals surface area contributed by atoms with Crippen molar-refractivity contribution in [3.05, 3.63) is 83.8 Å². The highest BCUT2D eigenvalue weighted by Crippen LogP contribution is 2.20. The number of sulfonamides is 1. The van der Waals surface area contributed by atoms with Crippen LogP contribution in [0.1, 0.15) is 18.1 Å². The molecule has 0 amide bonds. The highest BCUT2D eigenvalue weighted by Gasteiger charge is 2.19. The number of piperazine rings is 1. The molecule has 2 heterocycles. The molecule has 1 aliphatic rings. The Bertz CT molecular complexity index is 1140. The lowest BCUT2D eigenvalue weighted by Gasteiger charge is -2.36. The van der Waals surface area contributed by atoms with Crippen LogP contribution < -0.4 is 14.5 Å². The quantitative estimate of drug-likeness (QED) is 0.591. The second-order valence-electron chi connectivity index (χ2n) is 7.79. The molecule has 1 aromatic heterocycles. The number of pyridine rings is 1. The summed E-state index contributed by atoms with van der Waals surface area (Å²) < 4.78 is 41.1. The summed E-state index contributed by atoms with van der Waals surface area (Å²) >= 11 is 0. The van der Waals surface area contributed by atoms with Gasteiger partial charge in [-0.3, -0.25) is 0 Å². The summed E-state index contributed by atoms with van der Waals surface area (Å²) in [5.74, 6) is 0.592. The first kappa shape index (κ1) is 22.2. The molecule has 0 aliphatic carbocycles. The van der Waals surface area contributed by atoms with Crippen molar-refractivity contribution in [1.29, 1.82) is 0 Å². The molecule has 0 spiro atoms. The van der Waals surface area contributed by atoms with Crippen LogP contribution in [0.3, 0.4) is 0 Å². The van der Waals surface area contributed by atoms with Crippen LogP contribution in [0.15, 0.2) is 71.8 Å². The Balaban J connectivity index is 1.37. The van der Waals surface area contributed by atoms with Crippen LogP contribution in [0.4, 0.5) is 15.9 Å². The van der Waals surface area contributed by atoms with E-state index in [1.165, 1.54) is 12.1 Å². The Morgan fingerprint density at radius 3 is 2.22 bits per heavy atom. The van der Waals surface area contributed by atoms with E-state index in [0.29, 0.717) is 0 Å². The smallest absolute Gasteiger partial charge is 0.240 e. The van der Waals surface area contributed by atoms with Crippen molar-refractivity contribution >= 4 is 21.5 Å². The van der Waals surface area contributed by atoms with E-state index in [0.717, 1.165) is 55.2 Å². The predicted molar refractivity (Wildman–Crippen MR) is 125 cm³/mol. The normalized spacial score (nSPS) is 14.6. The number of benzene rings is 2. The second-order valence-corrected chi connectivity index (χ2v) is 9.56. The molecule has 1 N–H and O–H groups in total. The first-order valence-corrected chi connectivity index (χ1v) is 12.2. The summed E-state index contributed by atoms with van der Waals surface area (Å²) in [7, 11) is -3.58. The van der Waals surface area contributed by atoms with Crippen molar-refractivity contribution in [3.63, 3.8) is 0 Å². The van der Waals surface area contributed by atoms with Crippen LogP contribution in [-0.2, 0) is 23.0 Å². The molecule has 1 saturated heterocycles. The van der Waals surface area contributed by atoms with E-state index in [1.54, 1.807) is 30.5 Å². The Kier molecular flexibility index (Phi) is 6.72. The largest absolute Gasteiger partial charge is 0.368 e. The monoisotopic (exact) mass is 454 g/mol. The molecule has 168 valence electrons. The van der Waals surface area contributed by atoms with Crippen molar-refractivity contribution in [1.82, 2.24) is 9.71 Å². The van der Waals surface area contributed by atoms with Gasteiger partial charge in [0.1, 0.15) is 11.6 Å². The summed E-state index contributed by atoms with van der Waals surface area (Å²) in [4.78, 5) is 9.14. The van der Waals surface area contributed by atoms with E-state index in [4.69, 9.17) is 0 Å². The summed E-state index contributed by atoms with van der Waals surface area (Å²) in [6.07, 6.45) is 2.58. The molecule has 0 saturated carbocycles. The van der Waals surface area contributed by atoms with E-state index >= 15 is 0 Å². The zero-order valence-electron chi connectivity index (χ0n) is 18.0. The third-order valence-electron chi connectivity index (χ3n) is 5.71. The van der Waals surface area contributed by atoms with Crippen molar-refractivity contribution in [2.45, 2.75) is 24.8 Å². The zero-order valence-corrected chi connectivity index (χ0v) is 18.9. The minimum absolute atomic E-state index is 0.197. The van der Waals surface area contributed by atoms with E-state index in [2.05, 4.69) is 19.5 Å². The summed E-state index contributed by atoms with van der Waals surface area (Å²) in [5, 5.41) is 0. The number of aromatic nitrogens is 1. The van der Waals surface area contributed by atoms with E-state index in [-0.39, 0.29) is 17.3 Å².